The van der Waals surface area contributed by atoms with Gasteiger partial charge in [-0.25, -0.2) is 9.97 Å². The zero-order valence-corrected chi connectivity index (χ0v) is 11.7. The fraction of sp³-hybridized carbons (Fsp3) is 0.667. The van der Waals surface area contributed by atoms with Gasteiger partial charge in [0.2, 0.25) is 5.88 Å². The Kier molecular flexibility index (Phi) is 4.59. The molecule has 4 nitrogen and oxygen atoms in total. The maximum Gasteiger partial charge on any atom is 0.218 e. The lowest BCUT2D eigenvalue weighted by molar-refractivity contribution is 0.304. The van der Waals surface area contributed by atoms with E-state index < -0.39 is 0 Å². The highest BCUT2D eigenvalue weighted by atomic mass is 79.9. The van der Waals surface area contributed by atoms with Crippen LogP contribution in [0, 0.1) is 0 Å². The first kappa shape index (κ1) is 12.6. The molecule has 94 valence electrons. The van der Waals surface area contributed by atoms with Crippen LogP contribution in [0.1, 0.15) is 26.2 Å². The molecule has 2 rings (SSSR count). The zero-order chi connectivity index (χ0) is 12.1. The third-order valence-electron chi connectivity index (χ3n) is 2.77. The number of piperidine rings is 1. The van der Waals surface area contributed by atoms with Crippen LogP contribution < -0.4 is 9.64 Å². The van der Waals surface area contributed by atoms with Crippen LogP contribution >= 0.6 is 15.9 Å². The van der Waals surface area contributed by atoms with E-state index in [9.17, 15) is 0 Å². The van der Waals surface area contributed by atoms with Gasteiger partial charge in [-0.1, -0.05) is 22.9 Å². The van der Waals surface area contributed by atoms with Gasteiger partial charge in [0, 0.05) is 24.0 Å². The van der Waals surface area contributed by atoms with Gasteiger partial charge < -0.3 is 9.64 Å². The van der Waals surface area contributed by atoms with E-state index >= 15 is 0 Å². The predicted octanol–water partition coefficient (Wildman–Crippen LogP) is 2.63. The Morgan fingerprint density at radius 3 is 3.18 bits per heavy atom. The highest BCUT2D eigenvalue weighted by molar-refractivity contribution is 9.09. The summed E-state index contributed by atoms with van der Waals surface area (Å²) < 4.78 is 5.52. The molecule has 0 amide bonds. The van der Waals surface area contributed by atoms with Crippen molar-refractivity contribution in [2.45, 2.75) is 31.0 Å². The van der Waals surface area contributed by atoms with E-state index in [0.29, 0.717) is 17.3 Å². The first-order valence-corrected chi connectivity index (χ1v) is 7.05. The molecule has 0 radical (unpaired) electrons. The Morgan fingerprint density at radius 2 is 2.41 bits per heavy atom. The van der Waals surface area contributed by atoms with Gasteiger partial charge in [-0.2, -0.15) is 0 Å². The number of halogens is 1. The molecule has 0 spiro atoms. The van der Waals surface area contributed by atoms with Crippen LogP contribution in [0.3, 0.4) is 0 Å². The van der Waals surface area contributed by atoms with Crippen molar-refractivity contribution in [2.24, 2.45) is 0 Å². The average molecular weight is 300 g/mol. The number of ether oxygens (including phenoxy) is 1. The molecule has 0 saturated carbocycles. The molecular formula is C12H18BrN3O. The molecule has 0 bridgehead atoms. The van der Waals surface area contributed by atoms with Crippen LogP contribution in [0.25, 0.3) is 0 Å². The van der Waals surface area contributed by atoms with Gasteiger partial charge in [0.05, 0.1) is 6.61 Å². The quantitative estimate of drug-likeness (QED) is 0.801. The lowest BCUT2D eigenvalue weighted by Gasteiger charge is -2.30. The number of nitrogens with zero attached hydrogens (tertiary/aromatic N) is 3. The van der Waals surface area contributed by atoms with Crippen molar-refractivity contribution in [3.63, 3.8) is 0 Å². The van der Waals surface area contributed by atoms with E-state index in [0.717, 1.165) is 25.3 Å². The second kappa shape index (κ2) is 6.19. The molecule has 1 aliphatic heterocycles. The SMILES string of the molecule is CCCOc1cc(N2CCCC(Br)C2)ncn1. The largest absolute Gasteiger partial charge is 0.478 e. The van der Waals surface area contributed by atoms with Crippen LogP contribution in [-0.4, -0.2) is 34.5 Å². The lowest BCUT2D eigenvalue weighted by atomic mass is 10.1. The number of anilines is 1. The van der Waals surface area contributed by atoms with Crippen molar-refractivity contribution in [3.05, 3.63) is 12.4 Å². The van der Waals surface area contributed by atoms with Gasteiger partial charge in [-0.15, -0.1) is 0 Å². The Bertz CT molecular complexity index is 361. The number of alkyl halides is 1. The minimum Gasteiger partial charge on any atom is -0.478 e. The third kappa shape index (κ3) is 3.56. The van der Waals surface area contributed by atoms with E-state index in [1.54, 1.807) is 6.33 Å². The van der Waals surface area contributed by atoms with Gasteiger partial charge in [0.15, 0.2) is 0 Å². The summed E-state index contributed by atoms with van der Waals surface area (Å²) in [6, 6.07) is 1.93. The normalized spacial score (nSPS) is 20.4. The Labute approximate surface area is 111 Å². The topological polar surface area (TPSA) is 38.2 Å². The van der Waals surface area contributed by atoms with Crippen LogP contribution in [-0.2, 0) is 0 Å². The molecule has 0 N–H and O–H groups in total. The van der Waals surface area contributed by atoms with E-state index in [2.05, 4.69) is 37.7 Å². The van der Waals surface area contributed by atoms with Gasteiger partial charge in [0.25, 0.3) is 0 Å². The molecule has 0 aromatic carbocycles. The van der Waals surface area contributed by atoms with E-state index in [1.165, 1.54) is 12.8 Å². The summed E-state index contributed by atoms with van der Waals surface area (Å²) in [5.41, 5.74) is 0. The monoisotopic (exact) mass is 299 g/mol. The summed E-state index contributed by atoms with van der Waals surface area (Å²) >= 11 is 3.67. The summed E-state index contributed by atoms with van der Waals surface area (Å²) in [5.74, 6) is 1.64. The first-order valence-electron chi connectivity index (χ1n) is 6.13. The average Bonchev–Trinajstić information content (AvgIpc) is 2.37. The molecule has 1 unspecified atom stereocenters. The highest BCUT2D eigenvalue weighted by Crippen LogP contribution is 2.23. The molecule has 1 atom stereocenters. The van der Waals surface area contributed by atoms with Crippen LogP contribution in [0.15, 0.2) is 12.4 Å². The van der Waals surface area contributed by atoms with Gasteiger partial charge in [0.1, 0.15) is 12.1 Å². The summed E-state index contributed by atoms with van der Waals surface area (Å²) in [7, 11) is 0. The fourth-order valence-corrected chi connectivity index (χ4v) is 2.60. The maximum absolute atomic E-state index is 5.52. The van der Waals surface area contributed by atoms with Crippen LogP contribution in [0.4, 0.5) is 5.82 Å². The second-order valence-corrected chi connectivity index (χ2v) is 5.54. The van der Waals surface area contributed by atoms with Gasteiger partial charge >= 0.3 is 0 Å². The smallest absolute Gasteiger partial charge is 0.218 e. The molecule has 1 aromatic heterocycles. The van der Waals surface area contributed by atoms with Crippen molar-refractivity contribution in [1.82, 2.24) is 9.97 Å². The fourth-order valence-electron chi connectivity index (χ4n) is 1.92. The number of rotatable bonds is 4. The molecule has 1 saturated heterocycles. The molecule has 17 heavy (non-hydrogen) atoms. The van der Waals surface area contributed by atoms with Gasteiger partial charge in [-0.3, -0.25) is 0 Å². The molecule has 1 fully saturated rings. The van der Waals surface area contributed by atoms with Crippen molar-refractivity contribution in [1.29, 1.82) is 0 Å². The molecule has 0 aliphatic carbocycles. The van der Waals surface area contributed by atoms with Crippen molar-refractivity contribution in [3.8, 4) is 5.88 Å². The van der Waals surface area contributed by atoms with Crippen molar-refractivity contribution in [2.75, 3.05) is 24.6 Å². The minimum atomic E-state index is 0.561. The lowest BCUT2D eigenvalue weighted by Crippen LogP contribution is -2.36. The Hall–Kier alpha value is -0.840. The number of aromatic nitrogens is 2. The Balaban J connectivity index is 2.04. The van der Waals surface area contributed by atoms with E-state index in [-0.39, 0.29) is 0 Å². The number of hydrogen-bond acceptors (Lipinski definition) is 4. The van der Waals surface area contributed by atoms with Crippen LogP contribution in [0.5, 0.6) is 5.88 Å². The van der Waals surface area contributed by atoms with Crippen molar-refractivity contribution >= 4 is 21.7 Å². The standard InChI is InChI=1S/C12H18BrN3O/c1-2-6-17-12-7-11(14-9-15-12)16-5-3-4-10(13)8-16/h7,9-10H,2-6,8H2,1H3. The van der Waals surface area contributed by atoms with Crippen molar-refractivity contribution < 1.29 is 4.74 Å². The predicted molar refractivity (Wildman–Crippen MR) is 72.0 cm³/mol. The third-order valence-corrected chi connectivity index (χ3v) is 3.52. The first-order chi connectivity index (χ1) is 8.29. The summed E-state index contributed by atoms with van der Waals surface area (Å²) in [4.78, 5) is 11.3. The van der Waals surface area contributed by atoms with Gasteiger partial charge in [-0.05, 0) is 19.3 Å². The summed E-state index contributed by atoms with van der Waals surface area (Å²) in [6.07, 6.45) is 5.01. The van der Waals surface area contributed by atoms with E-state index in [4.69, 9.17) is 4.74 Å². The zero-order valence-electron chi connectivity index (χ0n) is 10.1. The minimum absolute atomic E-state index is 0.561. The van der Waals surface area contributed by atoms with E-state index in [1.807, 2.05) is 6.07 Å². The Morgan fingerprint density at radius 1 is 1.53 bits per heavy atom. The van der Waals surface area contributed by atoms with Crippen LogP contribution in [0.2, 0.25) is 0 Å². The molecule has 1 aromatic rings. The maximum atomic E-state index is 5.52. The molecule has 5 heteroatoms. The summed E-state index contributed by atoms with van der Waals surface area (Å²) in [6.45, 7) is 4.86. The number of hydrogen-bond donors (Lipinski definition) is 0. The molecule has 1 aliphatic rings. The summed E-state index contributed by atoms with van der Waals surface area (Å²) in [5, 5.41) is 0. The molecule has 2 heterocycles. The molecular weight excluding hydrogens is 282 g/mol. The second-order valence-electron chi connectivity index (χ2n) is 4.25. The highest BCUT2D eigenvalue weighted by Gasteiger charge is 2.19.